The van der Waals surface area contributed by atoms with Crippen molar-refractivity contribution in [3.8, 4) is 11.5 Å². The number of anilines is 2. The Morgan fingerprint density at radius 2 is 1.59 bits per heavy atom. The zero-order valence-corrected chi connectivity index (χ0v) is 18.8. The number of nitrogens with zero attached hydrogens (tertiary/aromatic N) is 3. The SMILES string of the molecule is CCCCCCCCNc1nc(N2CCCC2)nc2cc(OC)c(OC)cc12.Cl. The molecule has 0 bridgehead atoms. The van der Waals surface area contributed by atoms with Crippen LogP contribution in [0, 0.1) is 0 Å². The maximum absolute atomic E-state index is 5.49. The number of hydrogen-bond acceptors (Lipinski definition) is 6. The summed E-state index contributed by atoms with van der Waals surface area (Å²) in [6, 6.07) is 3.93. The molecule has 1 aliphatic heterocycles. The third-order valence-corrected chi connectivity index (χ3v) is 5.40. The van der Waals surface area contributed by atoms with Crippen LogP contribution in [-0.4, -0.2) is 43.8 Å². The summed E-state index contributed by atoms with van der Waals surface area (Å²) in [6.45, 7) is 5.22. The molecule has 7 heteroatoms. The number of aromatic nitrogens is 2. The molecule has 0 atom stereocenters. The first kappa shape index (κ1) is 23.3. The highest BCUT2D eigenvalue weighted by molar-refractivity contribution is 5.92. The number of ether oxygens (including phenoxy) is 2. The molecule has 1 N–H and O–H groups in total. The van der Waals surface area contributed by atoms with Crippen LogP contribution in [0.3, 0.4) is 0 Å². The highest BCUT2D eigenvalue weighted by Gasteiger charge is 2.19. The molecular weight excluding hydrogens is 388 g/mol. The van der Waals surface area contributed by atoms with Crippen LogP contribution in [0.1, 0.15) is 58.3 Å². The zero-order valence-electron chi connectivity index (χ0n) is 18.0. The first-order valence-corrected chi connectivity index (χ1v) is 10.7. The van der Waals surface area contributed by atoms with Gasteiger partial charge in [0, 0.05) is 31.1 Å². The minimum Gasteiger partial charge on any atom is -0.493 e. The van der Waals surface area contributed by atoms with Gasteiger partial charge in [0.2, 0.25) is 5.95 Å². The van der Waals surface area contributed by atoms with Crippen molar-refractivity contribution in [2.75, 3.05) is 44.1 Å². The summed E-state index contributed by atoms with van der Waals surface area (Å²) < 4.78 is 11.0. The van der Waals surface area contributed by atoms with Crippen molar-refractivity contribution in [3.63, 3.8) is 0 Å². The third kappa shape index (κ3) is 6.01. The van der Waals surface area contributed by atoms with E-state index in [1.54, 1.807) is 14.2 Å². The monoisotopic (exact) mass is 422 g/mol. The van der Waals surface area contributed by atoms with Crippen molar-refractivity contribution in [2.45, 2.75) is 58.3 Å². The summed E-state index contributed by atoms with van der Waals surface area (Å²) in [6.07, 6.45) is 10.1. The summed E-state index contributed by atoms with van der Waals surface area (Å²) in [7, 11) is 3.32. The highest BCUT2D eigenvalue weighted by atomic mass is 35.5. The molecule has 0 saturated carbocycles. The number of hydrogen-bond donors (Lipinski definition) is 1. The van der Waals surface area contributed by atoms with Gasteiger partial charge in [0.25, 0.3) is 0 Å². The van der Waals surface area contributed by atoms with Crippen molar-refractivity contribution >= 4 is 35.1 Å². The molecule has 29 heavy (non-hydrogen) atoms. The summed E-state index contributed by atoms with van der Waals surface area (Å²) in [5.74, 6) is 3.10. The van der Waals surface area contributed by atoms with Gasteiger partial charge in [0.05, 0.1) is 19.7 Å². The molecule has 0 unspecified atom stereocenters. The average Bonchev–Trinajstić information content (AvgIpc) is 3.26. The first-order chi connectivity index (χ1) is 13.8. The predicted molar refractivity (Wildman–Crippen MR) is 123 cm³/mol. The standard InChI is InChI=1S/C22H34N4O2.ClH/c1-4-5-6-7-8-9-12-23-21-17-15-19(27-2)20(28-3)16-18(17)24-22(25-21)26-13-10-11-14-26;/h15-16H,4-14H2,1-3H3,(H,23,24,25);1H. The minimum absolute atomic E-state index is 0. The van der Waals surface area contributed by atoms with Gasteiger partial charge in [-0.05, 0) is 25.3 Å². The molecule has 0 radical (unpaired) electrons. The second-order valence-corrected chi connectivity index (χ2v) is 7.49. The zero-order chi connectivity index (χ0) is 19.8. The van der Waals surface area contributed by atoms with Gasteiger partial charge in [-0.25, -0.2) is 4.98 Å². The molecule has 162 valence electrons. The van der Waals surface area contributed by atoms with Crippen molar-refractivity contribution in [1.82, 2.24) is 9.97 Å². The fraction of sp³-hybridized carbons (Fsp3) is 0.636. The lowest BCUT2D eigenvalue weighted by molar-refractivity contribution is 0.356. The van der Waals surface area contributed by atoms with Gasteiger partial charge in [0.1, 0.15) is 5.82 Å². The van der Waals surface area contributed by atoms with E-state index in [1.165, 1.54) is 44.9 Å². The van der Waals surface area contributed by atoms with E-state index < -0.39 is 0 Å². The molecule has 1 saturated heterocycles. The Kier molecular flexibility index (Phi) is 9.58. The number of rotatable bonds is 11. The predicted octanol–water partition coefficient (Wildman–Crippen LogP) is 5.44. The Balaban J connectivity index is 0.00000300. The van der Waals surface area contributed by atoms with E-state index in [4.69, 9.17) is 19.4 Å². The van der Waals surface area contributed by atoms with Crippen molar-refractivity contribution in [3.05, 3.63) is 12.1 Å². The topological polar surface area (TPSA) is 59.5 Å². The summed E-state index contributed by atoms with van der Waals surface area (Å²) in [5.41, 5.74) is 0.889. The molecule has 1 aromatic heterocycles. The van der Waals surface area contributed by atoms with Gasteiger partial charge >= 0.3 is 0 Å². The van der Waals surface area contributed by atoms with Crippen molar-refractivity contribution in [1.29, 1.82) is 0 Å². The Morgan fingerprint density at radius 3 is 2.28 bits per heavy atom. The van der Waals surface area contributed by atoms with Gasteiger partial charge in [-0.2, -0.15) is 4.98 Å². The molecule has 3 rings (SSSR count). The molecule has 1 fully saturated rings. The molecule has 1 aliphatic rings. The van der Waals surface area contributed by atoms with Crippen LogP contribution < -0.4 is 19.7 Å². The third-order valence-electron chi connectivity index (χ3n) is 5.40. The second-order valence-electron chi connectivity index (χ2n) is 7.49. The normalized spacial score (nSPS) is 13.4. The lowest BCUT2D eigenvalue weighted by Gasteiger charge is -2.19. The molecule has 0 amide bonds. The number of fused-ring (bicyclic) bond motifs is 1. The maximum Gasteiger partial charge on any atom is 0.227 e. The lowest BCUT2D eigenvalue weighted by Crippen LogP contribution is -2.21. The smallest absolute Gasteiger partial charge is 0.227 e. The van der Waals surface area contributed by atoms with E-state index in [9.17, 15) is 0 Å². The van der Waals surface area contributed by atoms with Crippen LogP contribution in [-0.2, 0) is 0 Å². The quantitative estimate of drug-likeness (QED) is 0.486. The largest absolute Gasteiger partial charge is 0.493 e. The second kappa shape index (κ2) is 11.9. The first-order valence-electron chi connectivity index (χ1n) is 10.7. The van der Waals surface area contributed by atoms with Gasteiger partial charge < -0.3 is 19.7 Å². The summed E-state index contributed by atoms with van der Waals surface area (Å²) in [4.78, 5) is 12.0. The van der Waals surface area contributed by atoms with Crippen LogP contribution in [0.25, 0.3) is 10.9 Å². The van der Waals surface area contributed by atoms with Crippen LogP contribution in [0.5, 0.6) is 11.5 Å². The van der Waals surface area contributed by atoms with Gasteiger partial charge in [0.15, 0.2) is 11.5 Å². The highest BCUT2D eigenvalue weighted by Crippen LogP contribution is 2.35. The molecule has 2 aromatic rings. The Hall–Kier alpha value is -1.95. The Morgan fingerprint density at radius 1 is 0.931 bits per heavy atom. The average molecular weight is 423 g/mol. The number of unbranched alkanes of at least 4 members (excludes halogenated alkanes) is 5. The molecular formula is C22H35ClN4O2. The maximum atomic E-state index is 5.49. The number of nitrogens with one attached hydrogen (secondary N) is 1. The van der Waals surface area contributed by atoms with Crippen molar-refractivity contribution in [2.24, 2.45) is 0 Å². The Bertz CT molecular complexity index is 766. The molecule has 2 heterocycles. The lowest BCUT2D eigenvalue weighted by atomic mass is 10.1. The van der Waals surface area contributed by atoms with Gasteiger partial charge in [-0.3, -0.25) is 0 Å². The van der Waals surface area contributed by atoms with Gasteiger partial charge in [-0.15, -0.1) is 12.4 Å². The van der Waals surface area contributed by atoms with E-state index in [1.807, 2.05) is 12.1 Å². The Labute approximate surface area is 180 Å². The molecule has 6 nitrogen and oxygen atoms in total. The van der Waals surface area contributed by atoms with Gasteiger partial charge in [-0.1, -0.05) is 39.0 Å². The van der Waals surface area contributed by atoms with E-state index in [2.05, 4.69) is 17.1 Å². The van der Waals surface area contributed by atoms with E-state index in [0.717, 1.165) is 48.7 Å². The summed E-state index contributed by atoms with van der Waals surface area (Å²) >= 11 is 0. The van der Waals surface area contributed by atoms with E-state index in [0.29, 0.717) is 11.5 Å². The van der Waals surface area contributed by atoms with E-state index in [-0.39, 0.29) is 12.4 Å². The van der Waals surface area contributed by atoms with Crippen molar-refractivity contribution < 1.29 is 9.47 Å². The van der Waals surface area contributed by atoms with Crippen LogP contribution in [0.2, 0.25) is 0 Å². The fourth-order valence-corrected chi connectivity index (χ4v) is 3.75. The number of halogens is 1. The number of methoxy groups -OCH3 is 2. The van der Waals surface area contributed by atoms with Crippen LogP contribution >= 0.6 is 12.4 Å². The molecule has 0 spiro atoms. The molecule has 0 aliphatic carbocycles. The fourth-order valence-electron chi connectivity index (χ4n) is 3.75. The number of benzene rings is 1. The minimum atomic E-state index is 0. The summed E-state index contributed by atoms with van der Waals surface area (Å²) in [5, 5.41) is 4.54. The van der Waals surface area contributed by atoms with Crippen LogP contribution in [0.15, 0.2) is 12.1 Å². The van der Waals surface area contributed by atoms with Crippen LogP contribution in [0.4, 0.5) is 11.8 Å². The molecule has 1 aromatic carbocycles. The van der Waals surface area contributed by atoms with E-state index >= 15 is 0 Å².